The van der Waals surface area contributed by atoms with Gasteiger partial charge in [0.15, 0.2) is 24.8 Å². The quantitative estimate of drug-likeness (QED) is 0.0830. The Labute approximate surface area is 303 Å². The molecule has 1 aromatic carbocycles. The van der Waals surface area contributed by atoms with Crippen molar-refractivity contribution in [2.75, 3.05) is 20.2 Å². The average molecular weight is 742 g/mol. The molecule has 6 unspecified atom stereocenters. The highest BCUT2D eigenvalue weighted by atomic mass is 16.7. The topological polar surface area (TPSA) is 240 Å². The summed E-state index contributed by atoms with van der Waals surface area (Å²) in [4.78, 5) is 39.1. The Bertz CT molecular complexity index is 1290. The molecule has 0 amide bonds. The van der Waals surface area contributed by atoms with E-state index in [0.29, 0.717) is 32.2 Å². The Morgan fingerprint density at radius 2 is 1.62 bits per heavy atom. The molecule has 3 aliphatic rings. The Kier molecular flexibility index (Phi) is 15.9. The maximum atomic E-state index is 13.5. The molecule has 16 heteroatoms. The molecule has 2 saturated heterocycles. The van der Waals surface area contributed by atoms with Gasteiger partial charge in [0.05, 0.1) is 30.5 Å². The lowest BCUT2D eigenvalue weighted by Gasteiger charge is -2.48. The minimum Gasteiger partial charge on any atom is -0.479 e. The van der Waals surface area contributed by atoms with E-state index in [4.69, 9.17) is 28.4 Å². The summed E-state index contributed by atoms with van der Waals surface area (Å²) in [5, 5.41) is 66.0. The maximum absolute atomic E-state index is 13.5. The van der Waals surface area contributed by atoms with Gasteiger partial charge < -0.3 is 64.4 Å². The molecular formula is C36H55NO15. The average Bonchev–Trinajstić information content (AvgIpc) is 3.12. The minimum atomic E-state index is -1.66. The van der Waals surface area contributed by atoms with Crippen LogP contribution in [0.25, 0.3) is 0 Å². The minimum absolute atomic E-state index is 0.0133. The zero-order valence-corrected chi connectivity index (χ0v) is 30.1. The number of carbonyl (C=O) groups is 3. The summed E-state index contributed by atoms with van der Waals surface area (Å²) < 4.78 is 36.4. The van der Waals surface area contributed by atoms with Crippen molar-refractivity contribution in [3.8, 4) is 0 Å². The molecular weight excluding hydrogens is 686 g/mol. The van der Waals surface area contributed by atoms with E-state index in [1.165, 1.54) is 19.1 Å². The van der Waals surface area contributed by atoms with E-state index in [1.54, 1.807) is 32.2 Å². The summed E-state index contributed by atoms with van der Waals surface area (Å²) in [5.74, 6) is -3.08. The summed E-state index contributed by atoms with van der Waals surface area (Å²) in [6.07, 6.45) is -16.1. The van der Waals surface area contributed by atoms with Crippen LogP contribution < -0.4 is 5.32 Å². The van der Waals surface area contributed by atoms with Gasteiger partial charge in [0.2, 0.25) is 0 Å². The number of esters is 1. The highest BCUT2D eigenvalue weighted by Gasteiger charge is 2.53. The smallest absolute Gasteiger partial charge is 0.338 e. The van der Waals surface area contributed by atoms with Gasteiger partial charge in [0.25, 0.3) is 0 Å². The highest BCUT2D eigenvalue weighted by molar-refractivity contribution is 5.89. The molecule has 2 heterocycles. The summed E-state index contributed by atoms with van der Waals surface area (Å²) in [6.45, 7) is 4.98. The normalized spacial score (nSPS) is 37.2. The molecule has 1 aromatic rings. The highest BCUT2D eigenvalue weighted by Crippen LogP contribution is 2.39. The lowest BCUT2D eigenvalue weighted by molar-refractivity contribution is -0.349. The maximum Gasteiger partial charge on any atom is 0.338 e. The number of carboxylic acids is 1. The number of aliphatic carboxylic acids is 1. The monoisotopic (exact) mass is 741 g/mol. The number of carbonyl (C=O) groups excluding carboxylic acids is 2. The fraction of sp³-hybridized carbons (Fsp3) is 0.750. The van der Waals surface area contributed by atoms with Crippen LogP contribution in [-0.2, 0) is 38.0 Å². The fourth-order valence-corrected chi connectivity index (χ4v) is 7.07. The second-order valence-corrected chi connectivity index (χ2v) is 13.9. The number of hydrogen-bond acceptors (Lipinski definition) is 15. The Balaban J connectivity index is 1.71. The molecule has 3 fully saturated rings. The third kappa shape index (κ3) is 10.3. The molecule has 1 saturated carbocycles. The first kappa shape index (κ1) is 42.1. The van der Waals surface area contributed by atoms with E-state index < -0.39 is 110 Å². The molecule has 16 nitrogen and oxygen atoms in total. The lowest BCUT2D eigenvalue weighted by atomic mass is 9.75. The van der Waals surface area contributed by atoms with E-state index in [0.717, 1.165) is 0 Å². The Morgan fingerprint density at radius 3 is 2.25 bits per heavy atom. The molecule has 7 N–H and O–H groups in total. The third-order valence-electron chi connectivity index (χ3n) is 10.0. The van der Waals surface area contributed by atoms with Crippen LogP contribution in [0.3, 0.4) is 0 Å². The largest absolute Gasteiger partial charge is 0.479 e. The van der Waals surface area contributed by atoms with Crippen molar-refractivity contribution in [1.82, 2.24) is 5.32 Å². The molecule has 0 bridgehead atoms. The van der Waals surface area contributed by atoms with Crippen molar-refractivity contribution < 1.29 is 73.4 Å². The van der Waals surface area contributed by atoms with Crippen molar-refractivity contribution in [2.24, 2.45) is 11.8 Å². The molecule has 4 rings (SSSR count). The van der Waals surface area contributed by atoms with Crippen molar-refractivity contribution in [3.05, 3.63) is 35.9 Å². The van der Waals surface area contributed by atoms with Gasteiger partial charge in [-0.15, -0.1) is 0 Å². The van der Waals surface area contributed by atoms with Gasteiger partial charge in [-0.1, -0.05) is 38.5 Å². The van der Waals surface area contributed by atoms with E-state index in [1.807, 2.05) is 6.92 Å². The number of carboxylic acid groups (broad SMARTS) is 1. The molecule has 0 radical (unpaired) electrons. The number of nitrogens with one attached hydrogen (secondary N) is 1. The zero-order valence-electron chi connectivity index (χ0n) is 30.1. The summed E-state index contributed by atoms with van der Waals surface area (Å²) in [7, 11) is 1.79. The standard InChI is InChI=1S/C36H55NO15/c1-5-10-23(33(44)45)48-31-27(41)25(17-38)50-36(32(31)51-34(46)20-11-7-6-8-12-20)49-24-16-21(22(39)13-9-14-37-4)15-18(2)30(24)52-35-29(43)28(42)26(40)19(3)47-35/h6-8,11-12,18-19,21,23-32,35-38,40-43H,5,9-10,13-17H2,1-4H3,(H,44,45)/t18?,19?,21?,23-,24+,25-,26+,27-,28-,29?,30+,31?,32?,35-,36+/m0/s1. The van der Waals surface area contributed by atoms with Crippen LogP contribution in [0.4, 0.5) is 0 Å². The van der Waals surface area contributed by atoms with Crippen LogP contribution in [-0.4, -0.2) is 148 Å². The number of hydrogen-bond donors (Lipinski definition) is 7. The number of aliphatic hydroxyl groups excluding tert-OH is 5. The number of ether oxygens (including phenoxy) is 6. The van der Waals surface area contributed by atoms with E-state index >= 15 is 0 Å². The van der Waals surface area contributed by atoms with E-state index in [-0.39, 0.29) is 24.2 Å². The second-order valence-electron chi connectivity index (χ2n) is 13.9. The van der Waals surface area contributed by atoms with Crippen molar-refractivity contribution >= 4 is 17.7 Å². The predicted molar refractivity (Wildman–Crippen MR) is 181 cm³/mol. The van der Waals surface area contributed by atoms with Crippen LogP contribution >= 0.6 is 0 Å². The lowest BCUT2D eigenvalue weighted by Crippen LogP contribution is -2.64. The predicted octanol–water partition coefficient (Wildman–Crippen LogP) is 0.141. The van der Waals surface area contributed by atoms with Crippen LogP contribution in [0.5, 0.6) is 0 Å². The van der Waals surface area contributed by atoms with Crippen molar-refractivity contribution in [2.45, 2.75) is 139 Å². The van der Waals surface area contributed by atoms with Gasteiger partial charge in [-0.3, -0.25) is 4.79 Å². The summed E-state index contributed by atoms with van der Waals surface area (Å²) >= 11 is 0. The number of benzene rings is 1. The fourth-order valence-electron chi connectivity index (χ4n) is 7.07. The van der Waals surface area contributed by atoms with Gasteiger partial charge in [0, 0.05) is 12.3 Å². The molecule has 0 spiro atoms. The molecule has 0 aromatic heterocycles. The van der Waals surface area contributed by atoms with Gasteiger partial charge in [-0.2, -0.15) is 0 Å². The van der Waals surface area contributed by atoms with Crippen LogP contribution in [0.2, 0.25) is 0 Å². The van der Waals surface area contributed by atoms with E-state index in [2.05, 4.69) is 5.32 Å². The van der Waals surface area contributed by atoms with Crippen LogP contribution in [0.1, 0.15) is 69.7 Å². The van der Waals surface area contributed by atoms with Crippen molar-refractivity contribution in [1.29, 1.82) is 0 Å². The summed E-state index contributed by atoms with van der Waals surface area (Å²) in [6, 6.07) is 7.93. The van der Waals surface area contributed by atoms with E-state index in [9.17, 15) is 45.0 Å². The zero-order chi connectivity index (χ0) is 38.1. The first-order valence-electron chi connectivity index (χ1n) is 18.1. The van der Waals surface area contributed by atoms with Crippen LogP contribution in [0, 0.1) is 11.8 Å². The molecule has 2 aliphatic heterocycles. The molecule has 294 valence electrons. The van der Waals surface area contributed by atoms with Crippen molar-refractivity contribution in [3.63, 3.8) is 0 Å². The number of ketones is 1. The first-order valence-corrected chi connectivity index (χ1v) is 18.1. The Hall–Kier alpha value is -2.61. The molecule has 15 atom stereocenters. The second kappa shape index (κ2) is 19.6. The number of aliphatic hydroxyl groups is 5. The SMILES string of the molecule is CCC[C@H](OC1C(OC(=O)c2ccccc2)[C@H](O[C@@H]2CC(C(=O)CCCNC)CC(C)[C@H]2O[C@@H]2OC(C)[C@@H](O)[C@H](O)C2O)O[C@@H](CO)[C@@H]1O)C(=O)O. The molecule has 52 heavy (non-hydrogen) atoms. The third-order valence-corrected chi connectivity index (χ3v) is 10.0. The van der Waals surface area contributed by atoms with Gasteiger partial charge in [0.1, 0.15) is 42.4 Å². The number of rotatable bonds is 17. The first-order chi connectivity index (χ1) is 24.8. The number of Topliss-reactive ketones (excluding diaryl/α,β-unsaturated/α-hetero) is 1. The van der Waals surface area contributed by atoms with Gasteiger partial charge >= 0.3 is 11.9 Å². The molecule has 1 aliphatic carbocycles. The summed E-state index contributed by atoms with van der Waals surface area (Å²) in [5.41, 5.74) is 0.139. The van der Waals surface area contributed by atoms with Crippen LogP contribution in [0.15, 0.2) is 30.3 Å². The van der Waals surface area contributed by atoms with Gasteiger partial charge in [-0.25, -0.2) is 9.59 Å². The Morgan fingerprint density at radius 1 is 0.904 bits per heavy atom. The van der Waals surface area contributed by atoms with Gasteiger partial charge in [-0.05, 0) is 64.3 Å².